The van der Waals surface area contributed by atoms with Crippen molar-refractivity contribution in [2.75, 3.05) is 25.5 Å². The number of carbonyl (C=O) groups excluding carboxylic acids is 1. The molecule has 3 rings (SSSR count). The minimum atomic E-state index is -0.195. The second-order valence-corrected chi connectivity index (χ2v) is 6.61. The maximum atomic E-state index is 12.1. The molecule has 0 aromatic heterocycles. The summed E-state index contributed by atoms with van der Waals surface area (Å²) in [7, 11) is 1.61. The summed E-state index contributed by atoms with van der Waals surface area (Å²) in [6, 6.07) is 14.9. The SMILES string of the molecule is COc1ccccc1Oc1ccc(NC(=O)NCC2CCCCCN2)cc1. The van der Waals surface area contributed by atoms with Gasteiger partial charge in [0, 0.05) is 18.3 Å². The molecule has 1 aliphatic heterocycles. The quantitative estimate of drug-likeness (QED) is 0.716. The van der Waals surface area contributed by atoms with Gasteiger partial charge < -0.3 is 25.4 Å². The van der Waals surface area contributed by atoms with Gasteiger partial charge in [0.05, 0.1) is 7.11 Å². The molecule has 1 unspecified atom stereocenters. The van der Waals surface area contributed by atoms with E-state index in [0.29, 0.717) is 35.5 Å². The van der Waals surface area contributed by atoms with Gasteiger partial charge in [-0.3, -0.25) is 0 Å². The number of urea groups is 1. The molecule has 1 saturated heterocycles. The van der Waals surface area contributed by atoms with Crippen molar-refractivity contribution in [1.29, 1.82) is 0 Å². The summed E-state index contributed by atoms with van der Waals surface area (Å²) < 4.78 is 11.1. The summed E-state index contributed by atoms with van der Waals surface area (Å²) >= 11 is 0. The first-order valence-electron chi connectivity index (χ1n) is 9.44. The molecular formula is C21H27N3O3. The molecule has 1 heterocycles. The van der Waals surface area contributed by atoms with Crippen molar-refractivity contribution in [3.63, 3.8) is 0 Å². The second kappa shape index (κ2) is 9.83. The molecule has 1 aliphatic rings. The van der Waals surface area contributed by atoms with Gasteiger partial charge >= 0.3 is 6.03 Å². The Morgan fingerprint density at radius 1 is 1.07 bits per heavy atom. The molecule has 2 amide bonds. The van der Waals surface area contributed by atoms with Crippen LogP contribution in [0.5, 0.6) is 17.2 Å². The van der Waals surface area contributed by atoms with Crippen LogP contribution in [0.2, 0.25) is 0 Å². The Balaban J connectivity index is 1.49. The van der Waals surface area contributed by atoms with Gasteiger partial charge in [0.15, 0.2) is 11.5 Å². The minimum Gasteiger partial charge on any atom is -0.493 e. The normalized spacial score (nSPS) is 16.9. The molecule has 0 aliphatic carbocycles. The molecule has 27 heavy (non-hydrogen) atoms. The predicted molar refractivity (Wildman–Crippen MR) is 107 cm³/mol. The Morgan fingerprint density at radius 2 is 1.85 bits per heavy atom. The Hall–Kier alpha value is -2.73. The van der Waals surface area contributed by atoms with Gasteiger partial charge in [-0.15, -0.1) is 0 Å². The third kappa shape index (κ3) is 5.89. The molecule has 0 saturated carbocycles. The van der Waals surface area contributed by atoms with Crippen LogP contribution in [-0.2, 0) is 0 Å². The number of nitrogens with one attached hydrogen (secondary N) is 3. The van der Waals surface area contributed by atoms with Crippen LogP contribution in [-0.4, -0.2) is 32.3 Å². The lowest BCUT2D eigenvalue weighted by atomic mass is 10.1. The van der Waals surface area contributed by atoms with E-state index in [2.05, 4.69) is 16.0 Å². The molecule has 2 aromatic carbocycles. The first-order valence-corrected chi connectivity index (χ1v) is 9.44. The Morgan fingerprint density at radius 3 is 2.63 bits per heavy atom. The van der Waals surface area contributed by atoms with Crippen molar-refractivity contribution in [2.45, 2.75) is 31.7 Å². The molecule has 1 atom stereocenters. The molecule has 0 bridgehead atoms. The monoisotopic (exact) mass is 369 g/mol. The number of amides is 2. The lowest BCUT2D eigenvalue weighted by Gasteiger charge is -2.16. The van der Waals surface area contributed by atoms with Gasteiger partial charge in [-0.2, -0.15) is 0 Å². The maximum absolute atomic E-state index is 12.1. The third-order valence-corrected chi connectivity index (χ3v) is 4.58. The number of carbonyl (C=O) groups is 1. The van der Waals surface area contributed by atoms with Crippen molar-refractivity contribution in [3.05, 3.63) is 48.5 Å². The van der Waals surface area contributed by atoms with Crippen LogP contribution < -0.4 is 25.4 Å². The van der Waals surface area contributed by atoms with E-state index in [-0.39, 0.29) is 6.03 Å². The Kier molecular flexibility index (Phi) is 6.93. The van der Waals surface area contributed by atoms with E-state index in [0.717, 1.165) is 13.0 Å². The van der Waals surface area contributed by atoms with E-state index < -0.39 is 0 Å². The van der Waals surface area contributed by atoms with Crippen LogP contribution in [0, 0.1) is 0 Å². The summed E-state index contributed by atoms with van der Waals surface area (Å²) in [6.07, 6.45) is 4.80. The average molecular weight is 369 g/mol. The number of para-hydroxylation sites is 2. The van der Waals surface area contributed by atoms with Crippen LogP contribution in [0.1, 0.15) is 25.7 Å². The van der Waals surface area contributed by atoms with E-state index in [1.54, 1.807) is 7.11 Å². The molecule has 6 nitrogen and oxygen atoms in total. The highest BCUT2D eigenvalue weighted by molar-refractivity contribution is 5.89. The number of methoxy groups -OCH3 is 1. The molecular weight excluding hydrogens is 342 g/mol. The lowest BCUT2D eigenvalue weighted by molar-refractivity contribution is 0.250. The summed E-state index contributed by atoms with van der Waals surface area (Å²) in [5.74, 6) is 1.99. The molecule has 1 fully saturated rings. The zero-order chi connectivity index (χ0) is 18.9. The van der Waals surface area contributed by atoms with E-state index in [1.807, 2.05) is 48.5 Å². The number of rotatable bonds is 6. The van der Waals surface area contributed by atoms with Crippen LogP contribution in [0.4, 0.5) is 10.5 Å². The summed E-state index contributed by atoms with van der Waals surface area (Å²) in [6.45, 7) is 1.67. The fraction of sp³-hybridized carbons (Fsp3) is 0.381. The standard InChI is InChI=1S/C21H27N3O3/c1-26-19-8-4-5-9-20(19)27-18-12-10-16(11-13-18)24-21(25)23-15-17-7-3-2-6-14-22-17/h4-5,8-13,17,22H,2-3,6-7,14-15H2,1H3,(H2,23,24,25). The predicted octanol–water partition coefficient (Wildman–Crippen LogP) is 4.14. The zero-order valence-corrected chi connectivity index (χ0v) is 15.7. The second-order valence-electron chi connectivity index (χ2n) is 6.61. The highest BCUT2D eigenvalue weighted by Gasteiger charge is 2.12. The molecule has 0 radical (unpaired) electrons. The van der Waals surface area contributed by atoms with Crippen molar-refractivity contribution < 1.29 is 14.3 Å². The summed E-state index contributed by atoms with van der Waals surface area (Å²) in [4.78, 5) is 12.1. The van der Waals surface area contributed by atoms with Gasteiger partial charge in [-0.1, -0.05) is 25.0 Å². The molecule has 6 heteroatoms. The van der Waals surface area contributed by atoms with Gasteiger partial charge in [-0.05, 0) is 55.8 Å². The first-order chi connectivity index (χ1) is 13.2. The molecule has 144 valence electrons. The molecule has 3 N–H and O–H groups in total. The van der Waals surface area contributed by atoms with Crippen molar-refractivity contribution >= 4 is 11.7 Å². The fourth-order valence-corrected chi connectivity index (χ4v) is 3.10. The highest BCUT2D eigenvalue weighted by atomic mass is 16.5. The number of hydrogen-bond acceptors (Lipinski definition) is 4. The first kappa shape index (κ1) is 19.0. The van der Waals surface area contributed by atoms with Crippen LogP contribution in [0.15, 0.2) is 48.5 Å². The van der Waals surface area contributed by atoms with E-state index in [1.165, 1.54) is 19.3 Å². The lowest BCUT2D eigenvalue weighted by Crippen LogP contribution is -2.41. The summed E-state index contributed by atoms with van der Waals surface area (Å²) in [5, 5.41) is 9.26. The van der Waals surface area contributed by atoms with Crippen molar-refractivity contribution in [1.82, 2.24) is 10.6 Å². The van der Waals surface area contributed by atoms with Crippen molar-refractivity contribution in [3.8, 4) is 17.2 Å². The Labute approximate surface area is 160 Å². The van der Waals surface area contributed by atoms with Crippen LogP contribution >= 0.6 is 0 Å². The maximum Gasteiger partial charge on any atom is 0.319 e. The van der Waals surface area contributed by atoms with Gasteiger partial charge in [0.1, 0.15) is 5.75 Å². The minimum absolute atomic E-state index is 0.195. The van der Waals surface area contributed by atoms with E-state index in [4.69, 9.17) is 9.47 Å². The fourth-order valence-electron chi connectivity index (χ4n) is 3.10. The molecule has 2 aromatic rings. The number of ether oxygens (including phenoxy) is 2. The van der Waals surface area contributed by atoms with E-state index >= 15 is 0 Å². The zero-order valence-electron chi connectivity index (χ0n) is 15.7. The topological polar surface area (TPSA) is 71.6 Å². The molecule has 0 spiro atoms. The smallest absolute Gasteiger partial charge is 0.319 e. The average Bonchev–Trinajstić information content (AvgIpc) is 2.97. The third-order valence-electron chi connectivity index (χ3n) is 4.58. The number of anilines is 1. The van der Waals surface area contributed by atoms with E-state index in [9.17, 15) is 4.79 Å². The number of benzene rings is 2. The van der Waals surface area contributed by atoms with Gasteiger partial charge in [-0.25, -0.2) is 4.79 Å². The summed E-state index contributed by atoms with van der Waals surface area (Å²) in [5.41, 5.74) is 0.716. The largest absolute Gasteiger partial charge is 0.493 e. The van der Waals surface area contributed by atoms with Gasteiger partial charge in [0.25, 0.3) is 0 Å². The van der Waals surface area contributed by atoms with Crippen LogP contribution in [0.3, 0.4) is 0 Å². The van der Waals surface area contributed by atoms with Crippen molar-refractivity contribution in [2.24, 2.45) is 0 Å². The number of hydrogen-bond donors (Lipinski definition) is 3. The Bertz CT molecular complexity index is 726. The van der Waals surface area contributed by atoms with Gasteiger partial charge in [0.2, 0.25) is 0 Å². The highest BCUT2D eigenvalue weighted by Crippen LogP contribution is 2.31. The van der Waals surface area contributed by atoms with Crippen LogP contribution in [0.25, 0.3) is 0 Å².